The van der Waals surface area contributed by atoms with Crippen LogP contribution < -0.4 is 0 Å². The van der Waals surface area contributed by atoms with Crippen molar-refractivity contribution >= 4 is 10.0 Å². The highest BCUT2D eigenvalue weighted by molar-refractivity contribution is 7.89. The Kier molecular flexibility index (Phi) is 4.82. The molecule has 0 aromatic heterocycles. The second kappa shape index (κ2) is 7.10. The average molecular weight is 374 g/mol. The zero-order valence-electron chi connectivity index (χ0n) is 14.6. The first-order chi connectivity index (χ1) is 12.5. The van der Waals surface area contributed by atoms with Crippen molar-refractivity contribution < 1.29 is 12.8 Å². The standard InChI is InChI=1S/C20H23FN2O2S/c21-18-7-4-8-20(11-18)26(24,25)23-14-17-9-10-19(15-23)22(13-17)12-16-5-2-1-3-6-16/h1-8,11,17,19H,9-10,12-15H2/t17-,19-/m0/s1. The molecule has 4 nitrogen and oxygen atoms in total. The Balaban J connectivity index is 1.56. The molecule has 0 aliphatic carbocycles. The fourth-order valence-corrected chi connectivity index (χ4v) is 5.71. The second-order valence-electron chi connectivity index (χ2n) is 7.29. The molecule has 138 valence electrons. The highest BCUT2D eigenvalue weighted by atomic mass is 32.2. The van der Waals surface area contributed by atoms with E-state index in [4.69, 9.17) is 0 Å². The predicted octanol–water partition coefficient (Wildman–Crippen LogP) is 3.11. The molecule has 2 atom stereocenters. The first-order valence-electron chi connectivity index (χ1n) is 9.06. The normalized spacial score (nSPS) is 24.5. The number of hydrogen-bond acceptors (Lipinski definition) is 3. The third-order valence-electron chi connectivity index (χ3n) is 5.46. The molecule has 2 bridgehead atoms. The van der Waals surface area contributed by atoms with Gasteiger partial charge in [0, 0.05) is 32.2 Å². The topological polar surface area (TPSA) is 40.6 Å². The molecule has 0 saturated carbocycles. The first-order valence-corrected chi connectivity index (χ1v) is 10.5. The van der Waals surface area contributed by atoms with Gasteiger partial charge in [-0.2, -0.15) is 4.31 Å². The Labute approximate surface area is 154 Å². The number of rotatable bonds is 4. The third-order valence-corrected chi connectivity index (χ3v) is 7.28. The van der Waals surface area contributed by atoms with Crippen LogP contribution in [0.15, 0.2) is 59.5 Å². The van der Waals surface area contributed by atoms with Gasteiger partial charge < -0.3 is 0 Å². The lowest BCUT2D eigenvalue weighted by Crippen LogP contribution is -2.43. The highest BCUT2D eigenvalue weighted by Crippen LogP contribution is 2.32. The monoisotopic (exact) mass is 374 g/mol. The lowest BCUT2D eigenvalue weighted by Gasteiger charge is -2.36. The summed E-state index contributed by atoms with van der Waals surface area (Å²) in [6, 6.07) is 15.8. The van der Waals surface area contributed by atoms with Crippen molar-refractivity contribution in [2.75, 3.05) is 19.6 Å². The van der Waals surface area contributed by atoms with Crippen LogP contribution in [0, 0.1) is 11.7 Å². The summed E-state index contributed by atoms with van der Waals surface area (Å²) < 4.78 is 41.1. The maximum absolute atomic E-state index is 13.5. The van der Waals surface area contributed by atoms with Gasteiger partial charge in [-0.15, -0.1) is 0 Å². The van der Waals surface area contributed by atoms with Crippen LogP contribution in [0.3, 0.4) is 0 Å². The fraction of sp³-hybridized carbons (Fsp3) is 0.400. The van der Waals surface area contributed by atoms with E-state index in [-0.39, 0.29) is 10.9 Å². The molecule has 2 aromatic rings. The van der Waals surface area contributed by atoms with E-state index in [2.05, 4.69) is 17.0 Å². The molecule has 3 heterocycles. The van der Waals surface area contributed by atoms with Crippen LogP contribution in [0.2, 0.25) is 0 Å². The van der Waals surface area contributed by atoms with Crippen LogP contribution in [0.25, 0.3) is 0 Å². The van der Waals surface area contributed by atoms with Gasteiger partial charge in [-0.05, 0) is 42.5 Å². The van der Waals surface area contributed by atoms with Crippen LogP contribution in [-0.4, -0.2) is 43.3 Å². The van der Waals surface area contributed by atoms with Gasteiger partial charge in [-0.25, -0.2) is 12.8 Å². The number of sulfonamides is 1. The van der Waals surface area contributed by atoms with E-state index in [0.717, 1.165) is 32.0 Å². The summed E-state index contributed by atoms with van der Waals surface area (Å²) in [5.74, 6) is -0.199. The van der Waals surface area contributed by atoms with Gasteiger partial charge in [0.1, 0.15) is 5.82 Å². The average Bonchev–Trinajstić information content (AvgIpc) is 2.95. The quantitative estimate of drug-likeness (QED) is 0.826. The smallest absolute Gasteiger partial charge is 0.243 e. The third kappa shape index (κ3) is 3.54. The molecule has 3 aliphatic heterocycles. The summed E-state index contributed by atoms with van der Waals surface area (Å²) in [5.41, 5.74) is 1.25. The summed E-state index contributed by atoms with van der Waals surface area (Å²) in [6.07, 6.45) is 2.05. The van der Waals surface area contributed by atoms with Crippen LogP contribution in [0.4, 0.5) is 4.39 Å². The minimum atomic E-state index is -3.66. The van der Waals surface area contributed by atoms with Crippen molar-refractivity contribution in [2.45, 2.75) is 30.3 Å². The largest absolute Gasteiger partial charge is 0.294 e. The molecule has 26 heavy (non-hydrogen) atoms. The fourth-order valence-electron chi connectivity index (χ4n) is 4.12. The molecular formula is C20H23FN2O2S. The molecule has 0 unspecified atom stereocenters. The van der Waals surface area contributed by atoms with E-state index in [1.165, 1.54) is 23.8 Å². The van der Waals surface area contributed by atoms with Crippen molar-refractivity contribution in [3.63, 3.8) is 0 Å². The van der Waals surface area contributed by atoms with Gasteiger partial charge >= 0.3 is 0 Å². The first kappa shape index (κ1) is 17.6. The Morgan fingerprint density at radius 3 is 2.54 bits per heavy atom. The predicted molar refractivity (Wildman–Crippen MR) is 98.5 cm³/mol. The molecule has 0 spiro atoms. The van der Waals surface area contributed by atoms with Crippen molar-refractivity contribution in [1.29, 1.82) is 0 Å². The van der Waals surface area contributed by atoms with Crippen LogP contribution >= 0.6 is 0 Å². The van der Waals surface area contributed by atoms with Gasteiger partial charge in [-0.3, -0.25) is 4.90 Å². The van der Waals surface area contributed by atoms with E-state index in [1.54, 1.807) is 4.31 Å². The Hall–Kier alpha value is -1.76. The molecule has 5 rings (SSSR count). The summed E-state index contributed by atoms with van der Waals surface area (Å²) in [7, 11) is -3.66. The van der Waals surface area contributed by atoms with E-state index < -0.39 is 15.8 Å². The van der Waals surface area contributed by atoms with Gasteiger partial charge in [0.2, 0.25) is 10.0 Å². The summed E-state index contributed by atoms with van der Waals surface area (Å²) >= 11 is 0. The van der Waals surface area contributed by atoms with Crippen molar-refractivity contribution in [1.82, 2.24) is 9.21 Å². The molecular weight excluding hydrogens is 351 g/mol. The molecule has 0 N–H and O–H groups in total. The molecule has 2 aromatic carbocycles. The van der Waals surface area contributed by atoms with Crippen molar-refractivity contribution in [2.24, 2.45) is 5.92 Å². The Morgan fingerprint density at radius 2 is 1.77 bits per heavy atom. The number of nitrogens with zero attached hydrogens (tertiary/aromatic N) is 2. The van der Waals surface area contributed by atoms with Crippen LogP contribution in [-0.2, 0) is 16.6 Å². The molecule has 3 fully saturated rings. The molecule has 0 amide bonds. The van der Waals surface area contributed by atoms with E-state index in [1.807, 2.05) is 18.2 Å². The number of benzene rings is 2. The van der Waals surface area contributed by atoms with Gasteiger partial charge in [0.25, 0.3) is 0 Å². The SMILES string of the molecule is O=S(=O)(c1cccc(F)c1)N1C[C@H]2CC[C@@H](C1)N(Cc1ccccc1)C2. The van der Waals surface area contributed by atoms with Gasteiger partial charge in [0.05, 0.1) is 4.90 Å². The number of piperidine rings is 1. The molecule has 6 heteroatoms. The minimum Gasteiger partial charge on any atom is -0.294 e. The summed E-state index contributed by atoms with van der Waals surface area (Å²) in [4.78, 5) is 2.46. The second-order valence-corrected chi connectivity index (χ2v) is 9.23. The minimum absolute atomic E-state index is 0.0495. The zero-order chi connectivity index (χ0) is 18.1. The van der Waals surface area contributed by atoms with E-state index in [9.17, 15) is 12.8 Å². The lowest BCUT2D eigenvalue weighted by atomic mass is 9.94. The van der Waals surface area contributed by atoms with Crippen LogP contribution in [0.1, 0.15) is 18.4 Å². The highest BCUT2D eigenvalue weighted by Gasteiger charge is 2.39. The Morgan fingerprint density at radius 1 is 0.962 bits per heavy atom. The van der Waals surface area contributed by atoms with Gasteiger partial charge in [0.15, 0.2) is 0 Å². The molecule has 3 saturated heterocycles. The van der Waals surface area contributed by atoms with Gasteiger partial charge in [-0.1, -0.05) is 36.4 Å². The summed E-state index contributed by atoms with van der Waals surface area (Å²) in [5, 5.41) is 0. The van der Waals surface area contributed by atoms with Crippen LogP contribution in [0.5, 0.6) is 0 Å². The van der Waals surface area contributed by atoms with Crippen molar-refractivity contribution in [3.8, 4) is 0 Å². The van der Waals surface area contributed by atoms with Crippen molar-refractivity contribution in [3.05, 3.63) is 66.0 Å². The summed E-state index contributed by atoms with van der Waals surface area (Å²) in [6.45, 7) is 2.74. The number of hydrogen-bond donors (Lipinski definition) is 0. The Bertz CT molecular complexity index is 872. The maximum atomic E-state index is 13.5. The number of halogens is 1. The zero-order valence-corrected chi connectivity index (χ0v) is 15.4. The van der Waals surface area contributed by atoms with E-state index in [0.29, 0.717) is 19.0 Å². The maximum Gasteiger partial charge on any atom is 0.243 e. The lowest BCUT2D eigenvalue weighted by molar-refractivity contribution is 0.125. The molecule has 3 aliphatic rings. The molecule has 0 radical (unpaired) electrons. The van der Waals surface area contributed by atoms with E-state index >= 15 is 0 Å². The number of fused-ring (bicyclic) bond motifs is 4.